The summed E-state index contributed by atoms with van der Waals surface area (Å²) in [7, 11) is 1.63. The fraction of sp³-hybridized carbons (Fsp3) is 0.231. The second-order valence-electron chi connectivity index (χ2n) is 3.84. The average Bonchev–Trinajstić information content (AvgIpc) is 2.71. The Morgan fingerprint density at radius 2 is 2.06 bits per heavy atom. The van der Waals surface area contributed by atoms with Crippen LogP contribution >= 0.6 is 38.9 Å². The molecule has 2 aromatic rings. The summed E-state index contributed by atoms with van der Waals surface area (Å²) in [5.74, 6) is 0.815. The number of hydrogen-bond donors (Lipinski definition) is 1. The molecule has 18 heavy (non-hydrogen) atoms. The lowest BCUT2D eigenvalue weighted by Gasteiger charge is -2.09. The molecule has 0 spiro atoms. The number of thiophene rings is 1. The van der Waals surface area contributed by atoms with Gasteiger partial charge < -0.3 is 9.84 Å². The first kappa shape index (κ1) is 13.9. The summed E-state index contributed by atoms with van der Waals surface area (Å²) in [4.78, 5) is 0.864. The fourth-order valence-corrected chi connectivity index (χ4v) is 3.35. The molecule has 0 aliphatic heterocycles. The molecule has 5 heteroatoms. The number of hydrogen-bond acceptors (Lipinski definition) is 3. The van der Waals surface area contributed by atoms with E-state index in [0.717, 1.165) is 20.0 Å². The van der Waals surface area contributed by atoms with Gasteiger partial charge in [-0.2, -0.15) is 0 Å². The van der Waals surface area contributed by atoms with Gasteiger partial charge in [0.1, 0.15) is 5.75 Å². The molecule has 1 heterocycles. The minimum Gasteiger partial charge on any atom is -0.497 e. The van der Waals surface area contributed by atoms with Crippen LogP contribution in [0.4, 0.5) is 0 Å². The zero-order valence-corrected chi connectivity index (χ0v) is 12.8. The molecule has 0 aliphatic rings. The molecule has 0 saturated heterocycles. The van der Waals surface area contributed by atoms with E-state index in [2.05, 4.69) is 15.9 Å². The van der Waals surface area contributed by atoms with E-state index >= 15 is 0 Å². The summed E-state index contributed by atoms with van der Waals surface area (Å²) in [5, 5.41) is 10.8. The predicted octanol–water partition coefficient (Wildman–Crippen LogP) is 4.45. The number of methoxy groups -OCH3 is 1. The van der Waals surface area contributed by atoms with Crippen molar-refractivity contribution in [2.75, 3.05) is 7.11 Å². The van der Waals surface area contributed by atoms with Crippen LogP contribution < -0.4 is 4.74 Å². The van der Waals surface area contributed by atoms with Gasteiger partial charge in [-0.3, -0.25) is 0 Å². The molecule has 1 atom stereocenters. The summed E-state index contributed by atoms with van der Waals surface area (Å²) >= 11 is 10.8. The summed E-state index contributed by atoms with van der Waals surface area (Å²) in [5.41, 5.74) is 1.06. The number of ether oxygens (including phenoxy) is 1. The Bertz CT molecular complexity index is 505. The van der Waals surface area contributed by atoms with Crippen molar-refractivity contribution in [2.45, 2.75) is 12.5 Å². The van der Waals surface area contributed by atoms with Gasteiger partial charge in [-0.25, -0.2) is 0 Å². The first-order valence-electron chi connectivity index (χ1n) is 5.36. The van der Waals surface area contributed by atoms with Crippen molar-refractivity contribution in [1.82, 2.24) is 0 Å². The third kappa shape index (κ3) is 3.26. The zero-order valence-electron chi connectivity index (χ0n) is 9.69. The molecule has 0 bridgehead atoms. The Kier molecular flexibility index (Phi) is 4.67. The largest absolute Gasteiger partial charge is 0.497 e. The van der Waals surface area contributed by atoms with E-state index in [1.165, 1.54) is 11.3 Å². The molecule has 96 valence electrons. The van der Waals surface area contributed by atoms with E-state index in [9.17, 15) is 5.11 Å². The van der Waals surface area contributed by atoms with Gasteiger partial charge in [-0.15, -0.1) is 11.3 Å². The van der Waals surface area contributed by atoms with Crippen molar-refractivity contribution in [1.29, 1.82) is 0 Å². The monoisotopic (exact) mass is 346 g/mol. The maximum atomic E-state index is 10.1. The molecule has 2 rings (SSSR count). The van der Waals surface area contributed by atoms with E-state index < -0.39 is 6.10 Å². The van der Waals surface area contributed by atoms with Crippen LogP contribution in [-0.2, 0) is 6.42 Å². The number of aliphatic hydroxyl groups is 1. The fourth-order valence-electron chi connectivity index (χ4n) is 1.61. The summed E-state index contributed by atoms with van der Waals surface area (Å²) in [6.45, 7) is 0. The van der Waals surface area contributed by atoms with Crippen molar-refractivity contribution in [3.05, 3.63) is 49.6 Å². The third-order valence-corrected chi connectivity index (χ3v) is 5.16. The Balaban J connectivity index is 2.08. The number of aliphatic hydroxyl groups excluding tert-OH is 1. The average molecular weight is 348 g/mol. The van der Waals surface area contributed by atoms with Gasteiger partial charge in [0, 0.05) is 11.3 Å². The Morgan fingerprint density at radius 3 is 2.56 bits per heavy atom. The molecule has 0 saturated carbocycles. The van der Waals surface area contributed by atoms with Crippen LogP contribution in [0.3, 0.4) is 0 Å². The lowest BCUT2D eigenvalue weighted by Crippen LogP contribution is -1.99. The van der Waals surface area contributed by atoms with E-state index in [4.69, 9.17) is 16.3 Å². The van der Waals surface area contributed by atoms with E-state index in [-0.39, 0.29) is 0 Å². The second kappa shape index (κ2) is 6.06. The maximum Gasteiger partial charge on any atom is 0.118 e. The quantitative estimate of drug-likeness (QED) is 0.885. The summed E-state index contributed by atoms with van der Waals surface area (Å²) in [6.07, 6.45) is 0.0278. The molecule has 0 radical (unpaired) electrons. The molecule has 1 aromatic carbocycles. The molecule has 1 aromatic heterocycles. The number of rotatable bonds is 4. The van der Waals surface area contributed by atoms with Crippen molar-refractivity contribution in [2.24, 2.45) is 0 Å². The van der Waals surface area contributed by atoms with Gasteiger partial charge in [0.15, 0.2) is 0 Å². The molecule has 0 amide bonds. The smallest absolute Gasteiger partial charge is 0.118 e. The summed E-state index contributed by atoms with van der Waals surface area (Å²) in [6, 6.07) is 9.47. The minimum atomic E-state index is -0.535. The molecule has 0 fully saturated rings. The van der Waals surface area contributed by atoms with Crippen molar-refractivity contribution >= 4 is 38.9 Å². The van der Waals surface area contributed by atoms with Gasteiger partial charge in [-0.1, -0.05) is 23.7 Å². The highest BCUT2D eigenvalue weighted by atomic mass is 79.9. The highest BCUT2D eigenvalue weighted by Crippen LogP contribution is 2.36. The molecule has 2 nitrogen and oxygen atoms in total. The molecular formula is C13H12BrClO2S. The second-order valence-corrected chi connectivity index (χ2v) is 6.65. The SMILES string of the molecule is COc1ccc(CC(O)c2cc(Cl)c(Br)s2)cc1. The van der Waals surface area contributed by atoms with Crippen LogP contribution in [0.5, 0.6) is 5.75 Å². The normalized spacial score (nSPS) is 12.4. The van der Waals surface area contributed by atoms with Crippen molar-refractivity contribution in [3.63, 3.8) is 0 Å². The minimum absolute atomic E-state index is 0.535. The van der Waals surface area contributed by atoms with Gasteiger partial charge in [0.2, 0.25) is 0 Å². The number of halogens is 2. The lowest BCUT2D eigenvalue weighted by molar-refractivity contribution is 0.182. The van der Waals surface area contributed by atoms with Crippen LogP contribution in [0.1, 0.15) is 16.5 Å². The van der Waals surface area contributed by atoms with Crippen LogP contribution in [0, 0.1) is 0 Å². The Hall–Kier alpha value is -0.550. The first-order chi connectivity index (χ1) is 8.60. The van der Waals surface area contributed by atoms with Gasteiger partial charge >= 0.3 is 0 Å². The van der Waals surface area contributed by atoms with Crippen LogP contribution in [0.25, 0.3) is 0 Å². The van der Waals surface area contributed by atoms with E-state index in [0.29, 0.717) is 11.4 Å². The van der Waals surface area contributed by atoms with Gasteiger partial charge in [-0.05, 0) is 39.7 Å². The predicted molar refractivity (Wildman–Crippen MR) is 78.7 cm³/mol. The Labute approximate surface area is 123 Å². The first-order valence-corrected chi connectivity index (χ1v) is 7.34. The molecule has 1 unspecified atom stereocenters. The van der Waals surface area contributed by atoms with Crippen molar-refractivity contribution < 1.29 is 9.84 Å². The van der Waals surface area contributed by atoms with E-state index in [1.807, 2.05) is 24.3 Å². The molecule has 1 N–H and O–H groups in total. The molecule has 0 aliphatic carbocycles. The van der Waals surface area contributed by atoms with Crippen LogP contribution in [-0.4, -0.2) is 12.2 Å². The van der Waals surface area contributed by atoms with Gasteiger partial charge in [0.05, 0.1) is 22.0 Å². The topological polar surface area (TPSA) is 29.5 Å². The highest BCUT2D eigenvalue weighted by Gasteiger charge is 2.13. The third-order valence-electron chi connectivity index (χ3n) is 2.58. The molecular weight excluding hydrogens is 336 g/mol. The highest BCUT2D eigenvalue weighted by molar-refractivity contribution is 9.11. The Morgan fingerprint density at radius 1 is 1.39 bits per heavy atom. The number of benzene rings is 1. The summed E-state index contributed by atoms with van der Waals surface area (Å²) < 4.78 is 5.95. The maximum absolute atomic E-state index is 10.1. The lowest BCUT2D eigenvalue weighted by atomic mass is 10.1. The van der Waals surface area contributed by atoms with Crippen LogP contribution in [0.15, 0.2) is 34.1 Å². The standard InChI is InChI=1S/C13H12BrClO2S/c1-17-9-4-2-8(3-5-9)6-11(16)12-7-10(15)13(14)18-12/h2-5,7,11,16H,6H2,1H3. The van der Waals surface area contributed by atoms with Gasteiger partial charge in [0.25, 0.3) is 0 Å². The van der Waals surface area contributed by atoms with Crippen LogP contribution in [0.2, 0.25) is 5.02 Å². The zero-order chi connectivity index (χ0) is 13.1. The van der Waals surface area contributed by atoms with E-state index in [1.54, 1.807) is 13.2 Å². The van der Waals surface area contributed by atoms with Crippen molar-refractivity contribution in [3.8, 4) is 5.75 Å².